The van der Waals surface area contributed by atoms with E-state index in [-0.39, 0.29) is 5.92 Å². The van der Waals surface area contributed by atoms with E-state index in [0.29, 0.717) is 0 Å². The second-order valence-electron chi connectivity index (χ2n) is 13.2. The molecule has 0 saturated carbocycles. The van der Waals surface area contributed by atoms with Gasteiger partial charge in [-0.2, -0.15) is 0 Å². The first-order chi connectivity index (χ1) is 23.3. The van der Waals surface area contributed by atoms with Gasteiger partial charge in [-0.25, -0.2) is 0 Å². The molecule has 10 aromatic rings. The Labute approximate surface area is 267 Å². The number of rotatable bonds is 1. The third-order valence-corrected chi connectivity index (χ3v) is 10.8. The van der Waals surface area contributed by atoms with Crippen LogP contribution in [0.2, 0.25) is 0 Å². The van der Waals surface area contributed by atoms with Crippen molar-refractivity contribution in [2.45, 2.75) is 12.3 Å². The Bertz CT molecular complexity index is 3170. The normalized spacial score (nSPS) is 15.5. The second-order valence-corrected chi connectivity index (χ2v) is 13.2. The van der Waals surface area contributed by atoms with Gasteiger partial charge in [0.05, 0.1) is 16.7 Å². The highest BCUT2D eigenvalue weighted by Crippen LogP contribution is 2.51. The third-order valence-electron chi connectivity index (χ3n) is 10.8. The molecular weight excluding hydrogens is 574 g/mol. The van der Waals surface area contributed by atoms with Crippen LogP contribution >= 0.6 is 0 Å². The Balaban J connectivity index is 1.22. The Hall–Kier alpha value is -6.06. The van der Waals surface area contributed by atoms with E-state index in [1.54, 1.807) is 0 Å². The number of furan rings is 2. The molecule has 1 aliphatic heterocycles. The maximum atomic E-state index is 6.73. The molecule has 2 aliphatic rings. The summed E-state index contributed by atoms with van der Waals surface area (Å²) in [6, 6.07) is 46.3. The summed E-state index contributed by atoms with van der Waals surface area (Å²) in [5.41, 5.74) is 11.2. The fourth-order valence-electron chi connectivity index (χ4n) is 8.80. The minimum atomic E-state index is 0.189. The van der Waals surface area contributed by atoms with Gasteiger partial charge >= 0.3 is 0 Å². The van der Waals surface area contributed by atoms with Gasteiger partial charge in [0, 0.05) is 38.1 Å². The third kappa shape index (κ3) is 2.98. The molecular formula is C44H25NO2. The molecule has 3 nitrogen and oxygen atoms in total. The van der Waals surface area contributed by atoms with Crippen molar-refractivity contribution < 1.29 is 8.83 Å². The van der Waals surface area contributed by atoms with Gasteiger partial charge in [0.1, 0.15) is 11.2 Å². The molecule has 1 atom stereocenters. The minimum Gasteiger partial charge on any atom is -0.454 e. The largest absolute Gasteiger partial charge is 0.454 e. The van der Waals surface area contributed by atoms with Crippen molar-refractivity contribution in [2.24, 2.45) is 0 Å². The number of aromatic nitrogens is 1. The lowest BCUT2D eigenvalue weighted by molar-refractivity contribution is 0.561. The lowest BCUT2D eigenvalue weighted by Gasteiger charge is -2.17. The molecule has 1 aliphatic carbocycles. The zero-order valence-electron chi connectivity index (χ0n) is 25.2. The summed E-state index contributed by atoms with van der Waals surface area (Å²) in [6.07, 6.45) is 3.31. The molecule has 218 valence electrons. The van der Waals surface area contributed by atoms with Crippen LogP contribution in [0.15, 0.2) is 136 Å². The standard InChI is InChI=1S/C44H25NO2/c1-2-8-28-24(7-1)13-14-26-21-25(15-16-29(26)28)27-22-36-32-17-19-34-30-9-3-5-11-38(30)46-43(34)41(32)45-40(36)37(23-27)33-18-20-35-31-10-4-6-12-39(31)47-44(35)42(33)45/h1-17,19-23,33H,18H2. The molecule has 0 amide bonds. The molecule has 1 unspecified atom stereocenters. The average Bonchev–Trinajstić information content (AvgIpc) is 3.87. The topological polar surface area (TPSA) is 31.2 Å². The first-order valence-corrected chi connectivity index (χ1v) is 16.4. The highest BCUT2D eigenvalue weighted by molar-refractivity contribution is 6.24. The Morgan fingerprint density at radius 2 is 1.23 bits per heavy atom. The summed E-state index contributed by atoms with van der Waals surface area (Å²) >= 11 is 0. The van der Waals surface area contributed by atoms with E-state index in [0.717, 1.165) is 44.9 Å². The summed E-state index contributed by atoms with van der Waals surface area (Å²) < 4.78 is 15.9. The van der Waals surface area contributed by atoms with Crippen molar-refractivity contribution in [1.82, 2.24) is 4.57 Å². The predicted molar refractivity (Wildman–Crippen MR) is 193 cm³/mol. The van der Waals surface area contributed by atoms with Crippen LogP contribution in [0.25, 0.3) is 99.2 Å². The molecule has 47 heavy (non-hydrogen) atoms. The molecule has 0 spiro atoms. The quantitative estimate of drug-likeness (QED) is 0.176. The van der Waals surface area contributed by atoms with E-state index in [2.05, 4.69) is 138 Å². The molecule has 7 aromatic carbocycles. The molecule has 0 N–H and O–H groups in total. The van der Waals surface area contributed by atoms with E-state index in [1.807, 2.05) is 0 Å². The lowest BCUT2D eigenvalue weighted by atomic mass is 9.87. The SMILES string of the molecule is C1=c2c(oc3ccccc23)=C2C(C1)c1cc(-c3ccc4c(ccc5ccccc54)c3)cc3c4ccc5c6ccccc6oc5c4n2c13. The van der Waals surface area contributed by atoms with E-state index < -0.39 is 0 Å². The summed E-state index contributed by atoms with van der Waals surface area (Å²) in [7, 11) is 0. The van der Waals surface area contributed by atoms with Gasteiger partial charge in [-0.15, -0.1) is 0 Å². The van der Waals surface area contributed by atoms with E-state index in [1.165, 1.54) is 70.8 Å². The van der Waals surface area contributed by atoms with Crippen LogP contribution in [0.4, 0.5) is 0 Å². The highest BCUT2D eigenvalue weighted by atomic mass is 16.3. The monoisotopic (exact) mass is 599 g/mol. The summed E-state index contributed by atoms with van der Waals surface area (Å²) in [5.74, 6) is 0.189. The van der Waals surface area contributed by atoms with Crippen molar-refractivity contribution in [2.75, 3.05) is 0 Å². The van der Waals surface area contributed by atoms with Gasteiger partial charge in [-0.3, -0.25) is 0 Å². The number of benzene rings is 7. The maximum Gasteiger partial charge on any atom is 0.160 e. The smallest absolute Gasteiger partial charge is 0.160 e. The van der Waals surface area contributed by atoms with Crippen molar-refractivity contribution in [3.63, 3.8) is 0 Å². The second kappa shape index (κ2) is 8.39. The fraction of sp³-hybridized carbons (Fsp3) is 0.0455. The number of hydrogen-bond acceptors (Lipinski definition) is 2. The van der Waals surface area contributed by atoms with E-state index in [9.17, 15) is 0 Å². The zero-order chi connectivity index (χ0) is 30.4. The van der Waals surface area contributed by atoms with Crippen molar-refractivity contribution in [1.29, 1.82) is 0 Å². The number of para-hydroxylation sites is 2. The first-order valence-electron chi connectivity index (χ1n) is 16.4. The maximum absolute atomic E-state index is 6.73. The first kappa shape index (κ1) is 24.2. The number of fused-ring (bicyclic) bond motifs is 16. The highest BCUT2D eigenvalue weighted by Gasteiger charge is 2.36. The average molecular weight is 600 g/mol. The van der Waals surface area contributed by atoms with Gasteiger partial charge in [0.25, 0.3) is 0 Å². The van der Waals surface area contributed by atoms with Crippen LogP contribution in [0.3, 0.4) is 0 Å². The van der Waals surface area contributed by atoms with Crippen LogP contribution in [-0.4, -0.2) is 4.57 Å². The predicted octanol–water partition coefficient (Wildman–Crippen LogP) is 10.4. The van der Waals surface area contributed by atoms with Crippen LogP contribution in [0.5, 0.6) is 0 Å². The van der Waals surface area contributed by atoms with E-state index in [4.69, 9.17) is 8.83 Å². The zero-order valence-corrected chi connectivity index (χ0v) is 25.2. The van der Waals surface area contributed by atoms with Gasteiger partial charge in [0.2, 0.25) is 0 Å². The van der Waals surface area contributed by atoms with Crippen molar-refractivity contribution >= 4 is 88.0 Å². The Morgan fingerprint density at radius 3 is 2.15 bits per heavy atom. The molecule has 4 heterocycles. The van der Waals surface area contributed by atoms with Crippen LogP contribution in [0, 0.1) is 0 Å². The van der Waals surface area contributed by atoms with Crippen LogP contribution < -0.4 is 10.6 Å². The lowest BCUT2D eigenvalue weighted by Crippen LogP contribution is -2.30. The van der Waals surface area contributed by atoms with Gasteiger partial charge in [-0.1, -0.05) is 97.1 Å². The molecule has 3 aromatic heterocycles. The molecule has 0 saturated heterocycles. The van der Waals surface area contributed by atoms with E-state index >= 15 is 0 Å². The summed E-state index contributed by atoms with van der Waals surface area (Å²) in [5, 5.41) is 12.2. The summed E-state index contributed by atoms with van der Waals surface area (Å²) in [4.78, 5) is 0. The Kier molecular flexibility index (Phi) is 4.32. The summed E-state index contributed by atoms with van der Waals surface area (Å²) in [6.45, 7) is 0. The molecule has 3 heteroatoms. The van der Waals surface area contributed by atoms with Gasteiger partial charge in [-0.05, 0) is 81.1 Å². The van der Waals surface area contributed by atoms with Gasteiger partial charge < -0.3 is 13.4 Å². The van der Waals surface area contributed by atoms with Crippen LogP contribution in [0.1, 0.15) is 17.9 Å². The van der Waals surface area contributed by atoms with Crippen LogP contribution in [-0.2, 0) is 0 Å². The van der Waals surface area contributed by atoms with Gasteiger partial charge in [0.15, 0.2) is 11.0 Å². The van der Waals surface area contributed by atoms with Crippen molar-refractivity contribution in [3.05, 3.63) is 144 Å². The molecule has 0 bridgehead atoms. The van der Waals surface area contributed by atoms with Crippen molar-refractivity contribution in [3.8, 4) is 11.1 Å². The number of hydrogen-bond donors (Lipinski definition) is 0. The molecule has 0 radical (unpaired) electrons. The number of nitrogens with zero attached hydrogens (tertiary/aromatic N) is 1. The molecule has 12 rings (SSSR count). The minimum absolute atomic E-state index is 0.189. The Morgan fingerprint density at radius 1 is 0.511 bits per heavy atom. The molecule has 0 fully saturated rings. The fourth-order valence-corrected chi connectivity index (χ4v) is 8.80.